The standard InChI is InChI=1S/C29H32F3N5O4/c1-28(2,3)41-27(39)24(23-7-5-10-34-23)40-21-15-19(29(30,31)32)14-20(16-21)37-26(38)22-6-4-11-35-25(22)36-17-18-8-12-33-13-9-18/h4,6,8-9,11-16,23-24,34H,5,7,10,17H2,1-3H3,(H,35,36)(H,37,38)/t23?,24-/m1/s1. The topological polar surface area (TPSA) is 114 Å². The van der Waals surface area contributed by atoms with Crippen LogP contribution >= 0.6 is 0 Å². The van der Waals surface area contributed by atoms with Crippen molar-refractivity contribution < 1.29 is 32.2 Å². The van der Waals surface area contributed by atoms with Crippen molar-refractivity contribution in [2.45, 2.75) is 64.1 Å². The van der Waals surface area contributed by atoms with E-state index in [-0.39, 0.29) is 22.8 Å². The predicted octanol–water partition coefficient (Wildman–Crippen LogP) is 5.20. The number of amides is 1. The number of aromatic nitrogens is 2. The molecule has 0 radical (unpaired) electrons. The predicted molar refractivity (Wildman–Crippen MR) is 146 cm³/mol. The molecule has 2 aromatic heterocycles. The Balaban J connectivity index is 1.59. The van der Waals surface area contributed by atoms with E-state index >= 15 is 0 Å². The van der Waals surface area contributed by atoms with Crippen molar-refractivity contribution >= 4 is 23.4 Å². The molecular formula is C29H32F3N5O4. The molecule has 4 rings (SSSR count). The average Bonchev–Trinajstić information content (AvgIpc) is 3.44. The van der Waals surface area contributed by atoms with Crippen molar-refractivity contribution in [3.05, 3.63) is 77.7 Å². The number of anilines is 2. The fourth-order valence-electron chi connectivity index (χ4n) is 4.29. The molecule has 218 valence electrons. The first-order chi connectivity index (χ1) is 19.4. The van der Waals surface area contributed by atoms with Gasteiger partial charge in [-0.2, -0.15) is 13.2 Å². The highest BCUT2D eigenvalue weighted by Crippen LogP contribution is 2.35. The second-order valence-corrected chi connectivity index (χ2v) is 10.6. The Morgan fingerprint density at radius 3 is 2.51 bits per heavy atom. The molecule has 1 saturated heterocycles. The van der Waals surface area contributed by atoms with Crippen LogP contribution in [0.25, 0.3) is 0 Å². The summed E-state index contributed by atoms with van der Waals surface area (Å²) in [4.78, 5) is 34.4. The number of carbonyl (C=O) groups is 2. The Morgan fingerprint density at radius 1 is 1.10 bits per heavy atom. The van der Waals surface area contributed by atoms with Crippen LogP contribution < -0.4 is 20.7 Å². The van der Waals surface area contributed by atoms with E-state index in [4.69, 9.17) is 9.47 Å². The number of benzene rings is 1. The summed E-state index contributed by atoms with van der Waals surface area (Å²) in [5, 5.41) is 8.74. The summed E-state index contributed by atoms with van der Waals surface area (Å²) in [6, 6.07) is 9.06. The number of hydrogen-bond donors (Lipinski definition) is 3. The van der Waals surface area contributed by atoms with Crippen LogP contribution in [0.5, 0.6) is 5.75 Å². The van der Waals surface area contributed by atoms with Gasteiger partial charge in [-0.25, -0.2) is 9.78 Å². The molecule has 3 N–H and O–H groups in total. The maximum absolute atomic E-state index is 13.9. The molecule has 0 saturated carbocycles. The zero-order chi connectivity index (χ0) is 29.6. The van der Waals surface area contributed by atoms with Gasteiger partial charge in [0.15, 0.2) is 0 Å². The minimum Gasteiger partial charge on any atom is -0.477 e. The Hall–Kier alpha value is -4.19. The second-order valence-electron chi connectivity index (χ2n) is 10.6. The van der Waals surface area contributed by atoms with Gasteiger partial charge in [0, 0.05) is 36.9 Å². The van der Waals surface area contributed by atoms with Gasteiger partial charge in [-0.05, 0) is 82.1 Å². The number of alkyl halides is 3. The summed E-state index contributed by atoms with van der Waals surface area (Å²) in [5.74, 6) is -1.36. The molecule has 0 bridgehead atoms. The molecule has 1 amide bonds. The lowest BCUT2D eigenvalue weighted by molar-refractivity contribution is -0.164. The maximum atomic E-state index is 13.9. The van der Waals surface area contributed by atoms with Gasteiger partial charge in [0.25, 0.3) is 5.91 Å². The number of pyridine rings is 2. The first-order valence-corrected chi connectivity index (χ1v) is 13.1. The van der Waals surface area contributed by atoms with E-state index in [1.165, 1.54) is 18.3 Å². The normalized spacial score (nSPS) is 16.1. The van der Waals surface area contributed by atoms with E-state index in [2.05, 4.69) is 25.9 Å². The molecule has 1 aliphatic heterocycles. The van der Waals surface area contributed by atoms with E-state index in [0.29, 0.717) is 19.5 Å². The largest absolute Gasteiger partial charge is 0.477 e. The maximum Gasteiger partial charge on any atom is 0.416 e. The lowest BCUT2D eigenvalue weighted by Gasteiger charge is -2.28. The van der Waals surface area contributed by atoms with Crippen molar-refractivity contribution in [2.75, 3.05) is 17.2 Å². The molecule has 2 atom stereocenters. The summed E-state index contributed by atoms with van der Waals surface area (Å²) >= 11 is 0. The van der Waals surface area contributed by atoms with Gasteiger partial charge in [0.1, 0.15) is 17.2 Å². The molecule has 41 heavy (non-hydrogen) atoms. The third-order valence-electron chi connectivity index (χ3n) is 6.12. The molecule has 1 fully saturated rings. The molecule has 1 aromatic carbocycles. The Bertz CT molecular complexity index is 1360. The SMILES string of the molecule is CC(C)(C)OC(=O)[C@H](Oc1cc(NC(=O)c2cccnc2NCc2ccncc2)cc(C(F)(F)F)c1)C1CCCN1. The van der Waals surface area contributed by atoms with Crippen LogP contribution in [0, 0.1) is 0 Å². The van der Waals surface area contributed by atoms with E-state index in [9.17, 15) is 22.8 Å². The van der Waals surface area contributed by atoms with Crippen LogP contribution in [0.1, 0.15) is 55.1 Å². The van der Waals surface area contributed by atoms with Gasteiger partial charge in [-0.3, -0.25) is 9.78 Å². The zero-order valence-corrected chi connectivity index (χ0v) is 22.9. The minimum absolute atomic E-state index is 0.128. The molecule has 1 unspecified atom stereocenters. The monoisotopic (exact) mass is 571 g/mol. The van der Waals surface area contributed by atoms with Gasteiger partial charge >= 0.3 is 12.1 Å². The van der Waals surface area contributed by atoms with Crippen LogP contribution in [-0.4, -0.2) is 46.1 Å². The van der Waals surface area contributed by atoms with Gasteiger partial charge in [0.05, 0.1) is 17.2 Å². The van der Waals surface area contributed by atoms with Crippen LogP contribution in [0.4, 0.5) is 24.7 Å². The van der Waals surface area contributed by atoms with Crippen molar-refractivity contribution in [3.63, 3.8) is 0 Å². The van der Waals surface area contributed by atoms with Crippen LogP contribution in [0.3, 0.4) is 0 Å². The smallest absolute Gasteiger partial charge is 0.416 e. The minimum atomic E-state index is -4.74. The Kier molecular flexibility index (Phi) is 9.11. The van der Waals surface area contributed by atoms with Gasteiger partial charge in [0.2, 0.25) is 6.10 Å². The summed E-state index contributed by atoms with van der Waals surface area (Å²) in [6.07, 6.45) is 0.195. The zero-order valence-electron chi connectivity index (χ0n) is 22.9. The lowest BCUT2D eigenvalue weighted by Crippen LogP contribution is -2.47. The van der Waals surface area contributed by atoms with Crippen molar-refractivity contribution in [1.29, 1.82) is 0 Å². The highest BCUT2D eigenvalue weighted by molar-refractivity contribution is 6.07. The number of rotatable bonds is 9. The number of esters is 1. The number of hydrogen-bond acceptors (Lipinski definition) is 8. The van der Waals surface area contributed by atoms with Crippen molar-refractivity contribution in [1.82, 2.24) is 15.3 Å². The van der Waals surface area contributed by atoms with Crippen LogP contribution in [0.15, 0.2) is 61.1 Å². The quantitative estimate of drug-likeness (QED) is 0.300. The lowest BCUT2D eigenvalue weighted by atomic mass is 10.1. The van der Waals surface area contributed by atoms with E-state index in [0.717, 1.165) is 24.1 Å². The number of carbonyl (C=O) groups excluding carboxylic acids is 2. The van der Waals surface area contributed by atoms with Crippen molar-refractivity contribution in [2.24, 2.45) is 0 Å². The molecule has 3 heterocycles. The van der Waals surface area contributed by atoms with E-state index in [1.54, 1.807) is 51.4 Å². The average molecular weight is 572 g/mol. The molecule has 1 aliphatic rings. The summed E-state index contributed by atoms with van der Waals surface area (Å²) in [6.45, 7) is 6.07. The van der Waals surface area contributed by atoms with Crippen LogP contribution in [-0.2, 0) is 22.3 Å². The molecule has 0 spiro atoms. The molecule has 0 aliphatic carbocycles. The molecule has 3 aromatic rings. The highest BCUT2D eigenvalue weighted by atomic mass is 19.4. The Labute approximate surface area is 235 Å². The highest BCUT2D eigenvalue weighted by Gasteiger charge is 2.37. The first-order valence-electron chi connectivity index (χ1n) is 13.1. The number of nitrogens with one attached hydrogen (secondary N) is 3. The number of nitrogens with zero attached hydrogens (tertiary/aromatic N) is 2. The fraction of sp³-hybridized carbons (Fsp3) is 0.379. The Morgan fingerprint density at radius 2 is 1.85 bits per heavy atom. The van der Waals surface area contributed by atoms with Crippen molar-refractivity contribution in [3.8, 4) is 5.75 Å². The third-order valence-corrected chi connectivity index (χ3v) is 6.12. The van der Waals surface area contributed by atoms with Gasteiger partial charge in [-0.15, -0.1) is 0 Å². The summed E-state index contributed by atoms with van der Waals surface area (Å²) in [5.41, 5.74) is -1.01. The van der Waals surface area contributed by atoms with Gasteiger partial charge < -0.3 is 25.4 Å². The molecule has 12 heteroatoms. The van der Waals surface area contributed by atoms with E-state index < -0.39 is 41.4 Å². The summed E-state index contributed by atoms with van der Waals surface area (Å²) < 4.78 is 52.9. The number of ether oxygens (including phenoxy) is 2. The van der Waals surface area contributed by atoms with E-state index in [1.807, 2.05) is 0 Å². The van der Waals surface area contributed by atoms with Gasteiger partial charge in [-0.1, -0.05) is 0 Å². The summed E-state index contributed by atoms with van der Waals surface area (Å²) in [7, 11) is 0. The first kappa shape index (κ1) is 29.8. The van der Waals surface area contributed by atoms with Crippen LogP contribution in [0.2, 0.25) is 0 Å². The second kappa shape index (κ2) is 12.5. The third kappa shape index (κ3) is 8.40. The molecule has 9 nitrogen and oxygen atoms in total. The fourth-order valence-corrected chi connectivity index (χ4v) is 4.29. The molecular weight excluding hydrogens is 539 g/mol. The number of halogens is 3.